The van der Waals surface area contributed by atoms with Gasteiger partial charge in [0.25, 0.3) is 0 Å². The number of thiol groups is 2. The van der Waals surface area contributed by atoms with E-state index in [0.717, 1.165) is 6.92 Å². The summed E-state index contributed by atoms with van der Waals surface area (Å²) >= 11 is 8.32. The SMILES string of the molecule is CC(C)C[C@H](NC(=O)[C@H](CS)NC(=O)[C@@H](NC(=O)[C@H](C)NC(=O)[C@H](Cc1ccc(O)cc1)NC(=O)[C@H](Cc1ccc(O)cc1)NC(=O)[C@H](CC(=O)O)NC(=O)[C@H](CS)NC(=O)[C@@H]1CCCN1C(=O)[C@@H](N)CC(C)C)[C@@H](C)O)C(=O)N[C@@H](CC(=O)O)C(=O)O. The topological polar surface area (TPSA) is 481 Å². The monoisotopic (exact) mass is 1280 g/mol. The molecule has 0 spiro atoms. The number of hydrogen-bond acceptors (Lipinski definition) is 19. The van der Waals surface area contributed by atoms with Crippen LogP contribution in [-0.2, 0) is 75.2 Å². The molecule has 10 amide bonds. The van der Waals surface area contributed by atoms with Gasteiger partial charge in [-0.05, 0) is 86.8 Å². The van der Waals surface area contributed by atoms with E-state index in [-0.39, 0.29) is 61.3 Å². The first-order chi connectivity index (χ1) is 41.2. The number of carbonyl (C=O) groups is 13. The molecule has 3 rings (SSSR count). The normalized spacial score (nSPS) is 16.7. The Morgan fingerprint density at radius 1 is 0.511 bits per heavy atom. The van der Waals surface area contributed by atoms with E-state index in [4.69, 9.17) is 10.8 Å². The smallest absolute Gasteiger partial charge is 0.326 e. The number of phenols is 2. The van der Waals surface area contributed by atoms with Crippen molar-refractivity contribution in [1.82, 2.24) is 52.8 Å². The fourth-order valence-corrected chi connectivity index (χ4v) is 9.60. The highest BCUT2D eigenvalue weighted by molar-refractivity contribution is 7.80. The van der Waals surface area contributed by atoms with Crippen molar-refractivity contribution in [3.63, 3.8) is 0 Å². The van der Waals surface area contributed by atoms with E-state index in [0.29, 0.717) is 24.0 Å². The van der Waals surface area contributed by atoms with E-state index in [2.05, 4.69) is 73.1 Å². The number of phenolic OH excluding ortho intramolecular Hbond substituents is 2. The molecule has 2 aromatic rings. The number of carboxylic acids is 3. The van der Waals surface area contributed by atoms with Gasteiger partial charge in [0.15, 0.2) is 0 Å². The maximum absolute atomic E-state index is 14.5. The van der Waals surface area contributed by atoms with Crippen molar-refractivity contribution in [1.29, 1.82) is 0 Å². The number of aliphatic hydroxyl groups is 1. The molecule has 0 unspecified atom stereocenters. The van der Waals surface area contributed by atoms with Gasteiger partial charge in [-0.1, -0.05) is 52.0 Å². The van der Waals surface area contributed by atoms with Gasteiger partial charge in [0.2, 0.25) is 59.1 Å². The van der Waals surface area contributed by atoms with Gasteiger partial charge in [0.1, 0.15) is 71.9 Å². The second kappa shape index (κ2) is 35.5. The Bertz CT molecular complexity index is 2810. The van der Waals surface area contributed by atoms with Crippen LogP contribution in [0.15, 0.2) is 48.5 Å². The molecule has 30 nitrogen and oxygen atoms in total. The second-order valence-corrected chi connectivity index (χ2v) is 22.8. The number of carboxylic acid groups (broad SMARTS) is 3. The molecule has 0 aromatic heterocycles. The van der Waals surface area contributed by atoms with Gasteiger partial charge in [-0.3, -0.25) is 57.5 Å². The molecular formula is C56H81N11O19S2. The first-order valence-electron chi connectivity index (χ1n) is 28.2. The van der Waals surface area contributed by atoms with Gasteiger partial charge in [0.05, 0.1) is 25.0 Å². The Kier molecular flexibility index (Phi) is 29.9. The molecule has 486 valence electrons. The average Bonchev–Trinajstić information content (AvgIpc) is 4.04. The van der Waals surface area contributed by atoms with Crippen LogP contribution in [0.2, 0.25) is 0 Å². The first-order valence-corrected chi connectivity index (χ1v) is 29.4. The van der Waals surface area contributed by atoms with Crippen LogP contribution in [0, 0.1) is 11.8 Å². The molecule has 0 radical (unpaired) electrons. The number of nitrogens with zero attached hydrogens (tertiary/aromatic N) is 1. The molecule has 12 atom stereocenters. The van der Waals surface area contributed by atoms with Crippen LogP contribution >= 0.6 is 25.3 Å². The fourth-order valence-electron chi connectivity index (χ4n) is 9.08. The van der Waals surface area contributed by atoms with Crippen LogP contribution in [0.1, 0.15) is 91.2 Å². The second-order valence-electron chi connectivity index (χ2n) is 22.1. The minimum Gasteiger partial charge on any atom is -0.508 e. The predicted octanol–water partition coefficient (Wildman–Crippen LogP) is -3.05. The van der Waals surface area contributed by atoms with Crippen LogP contribution in [0.25, 0.3) is 0 Å². The summed E-state index contributed by atoms with van der Waals surface area (Å²) in [6.45, 7) is 9.61. The zero-order chi connectivity index (χ0) is 66.3. The number of likely N-dealkylation sites (tertiary alicyclic amines) is 1. The number of benzene rings is 2. The number of aliphatic hydroxyl groups excluding tert-OH is 1. The summed E-state index contributed by atoms with van der Waals surface area (Å²) in [5.41, 5.74) is 6.78. The Labute approximate surface area is 518 Å². The molecule has 0 saturated carbocycles. The number of carbonyl (C=O) groups excluding carboxylic acids is 10. The van der Waals surface area contributed by atoms with Crippen molar-refractivity contribution in [2.45, 2.75) is 165 Å². The van der Waals surface area contributed by atoms with Crippen LogP contribution in [0.4, 0.5) is 0 Å². The largest absolute Gasteiger partial charge is 0.508 e. The minimum atomic E-state index is -1.92. The lowest BCUT2D eigenvalue weighted by Crippen LogP contribution is -2.62. The predicted molar refractivity (Wildman–Crippen MR) is 320 cm³/mol. The van der Waals surface area contributed by atoms with E-state index >= 15 is 0 Å². The van der Waals surface area contributed by atoms with E-state index in [9.17, 15) is 87.9 Å². The number of amides is 10. The first kappa shape index (κ1) is 74.0. The Hall–Kier alpha value is -8.23. The summed E-state index contributed by atoms with van der Waals surface area (Å²) in [5.74, 6) is -16.0. The third-order valence-electron chi connectivity index (χ3n) is 13.7. The summed E-state index contributed by atoms with van der Waals surface area (Å²) in [7, 11) is 0. The van der Waals surface area contributed by atoms with Gasteiger partial charge < -0.3 is 89.1 Å². The molecule has 1 aliphatic heterocycles. The highest BCUT2D eigenvalue weighted by Gasteiger charge is 2.40. The van der Waals surface area contributed by atoms with E-state index in [1.54, 1.807) is 13.8 Å². The maximum Gasteiger partial charge on any atom is 0.326 e. The minimum absolute atomic E-state index is 0.0722. The maximum atomic E-state index is 14.5. The molecule has 17 N–H and O–H groups in total. The third-order valence-corrected chi connectivity index (χ3v) is 14.4. The Balaban J connectivity index is 1.88. The van der Waals surface area contributed by atoms with Crippen LogP contribution in [0.5, 0.6) is 11.5 Å². The lowest BCUT2D eigenvalue weighted by molar-refractivity contribution is -0.147. The molecular weight excluding hydrogens is 1190 g/mol. The van der Waals surface area contributed by atoms with Gasteiger partial charge >= 0.3 is 17.9 Å². The number of nitrogens with two attached hydrogens (primary N) is 1. The van der Waals surface area contributed by atoms with Crippen LogP contribution in [-0.4, -0.2) is 203 Å². The van der Waals surface area contributed by atoms with E-state index < -0.39 is 168 Å². The van der Waals surface area contributed by atoms with Crippen molar-refractivity contribution < 1.29 is 93.0 Å². The Morgan fingerprint density at radius 3 is 1.36 bits per heavy atom. The zero-order valence-electron chi connectivity index (χ0n) is 49.4. The fraction of sp³-hybridized carbons (Fsp3) is 0.554. The van der Waals surface area contributed by atoms with Gasteiger partial charge in [0, 0.05) is 30.9 Å². The van der Waals surface area contributed by atoms with Gasteiger partial charge in [-0.25, -0.2) is 4.79 Å². The van der Waals surface area contributed by atoms with E-state index in [1.807, 2.05) is 13.8 Å². The highest BCUT2D eigenvalue weighted by atomic mass is 32.1. The number of hydrogen-bond donors (Lipinski definition) is 18. The van der Waals surface area contributed by atoms with Crippen LogP contribution in [0.3, 0.4) is 0 Å². The van der Waals surface area contributed by atoms with Gasteiger partial charge in [-0.15, -0.1) is 0 Å². The van der Waals surface area contributed by atoms with Crippen molar-refractivity contribution in [3.05, 3.63) is 59.7 Å². The quantitative estimate of drug-likeness (QED) is 0.0305. The summed E-state index contributed by atoms with van der Waals surface area (Å²) in [5, 5.41) is 80.4. The molecule has 1 fully saturated rings. The molecule has 32 heteroatoms. The number of aromatic hydroxyl groups is 2. The van der Waals surface area contributed by atoms with Crippen molar-refractivity contribution in [2.24, 2.45) is 17.6 Å². The molecule has 1 aliphatic rings. The molecule has 1 heterocycles. The summed E-state index contributed by atoms with van der Waals surface area (Å²) in [6.07, 6.45) is -3.47. The Morgan fingerprint density at radius 2 is 0.909 bits per heavy atom. The molecule has 0 aliphatic carbocycles. The van der Waals surface area contributed by atoms with Gasteiger partial charge in [-0.2, -0.15) is 25.3 Å². The third kappa shape index (κ3) is 24.1. The molecule has 0 bridgehead atoms. The molecule has 2 aromatic carbocycles. The number of nitrogens with one attached hydrogen (secondary N) is 9. The van der Waals surface area contributed by atoms with Crippen molar-refractivity contribution >= 4 is 102 Å². The standard InChI is InChI=1S/C56H81N11O19S2/c1-26(2)18-34(57)55(84)67-17-7-8-42(67)53(82)64-40(24-87)51(80)62-38(22-43(71)72)50(79)61-37(21-31-11-15-33(70)16-12-31)49(78)60-36(20-30-9-13-32(69)14-10-30)47(76)58-28(5)46(75)66-45(29(6)68)54(83)65-41(25-88)52(81)59-35(19-27(3)4)48(77)63-39(56(85)86)23-44(73)74/h9-16,26-29,34-42,45,68-70,87-88H,7-8,17-25,57H2,1-6H3,(H,58,76)(H,59,81)(H,60,78)(H,61,79)(H,62,80)(H,63,77)(H,64,82)(H,65,83)(H,66,75)(H,71,72)(H,73,74)(H,85,86)/t28-,29+,34-,35-,36-,37-,38-,39-,40-,41-,42-,45-/m0/s1. The lowest BCUT2D eigenvalue weighted by Gasteiger charge is -2.29. The summed E-state index contributed by atoms with van der Waals surface area (Å²) < 4.78 is 0. The zero-order valence-corrected chi connectivity index (χ0v) is 51.2. The van der Waals surface area contributed by atoms with E-state index in [1.165, 1.54) is 60.4 Å². The molecule has 1 saturated heterocycles. The van der Waals surface area contributed by atoms with Crippen molar-refractivity contribution in [2.75, 3.05) is 18.1 Å². The summed E-state index contributed by atoms with van der Waals surface area (Å²) in [4.78, 5) is 174. The lowest BCUT2D eigenvalue weighted by atomic mass is 10.0. The molecule has 88 heavy (non-hydrogen) atoms. The summed E-state index contributed by atoms with van der Waals surface area (Å²) in [6, 6.07) is -6.21. The average molecular weight is 1280 g/mol. The number of rotatable bonds is 35. The van der Waals surface area contributed by atoms with Crippen LogP contribution < -0.4 is 53.6 Å². The highest BCUT2D eigenvalue weighted by Crippen LogP contribution is 2.21. The number of aliphatic carboxylic acids is 3. The van der Waals surface area contributed by atoms with Crippen molar-refractivity contribution in [3.8, 4) is 11.5 Å².